The maximum Gasteiger partial charge on any atom is 0.197 e. The van der Waals surface area contributed by atoms with Gasteiger partial charge in [-0.1, -0.05) is 0 Å². The number of aromatic nitrogens is 1. The number of hydrogen-bond acceptors (Lipinski definition) is 3. The summed E-state index contributed by atoms with van der Waals surface area (Å²) >= 11 is 0. The minimum atomic E-state index is -0.556. The van der Waals surface area contributed by atoms with Gasteiger partial charge in [-0.05, 0) is 31.4 Å². The van der Waals surface area contributed by atoms with E-state index in [2.05, 4.69) is 4.98 Å². The summed E-state index contributed by atoms with van der Waals surface area (Å²) < 4.78 is 25.0. The molecule has 0 unspecified atom stereocenters. The van der Waals surface area contributed by atoms with Crippen LogP contribution in [0.2, 0.25) is 0 Å². The van der Waals surface area contributed by atoms with Gasteiger partial charge >= 0.3 is 0 Å². The van der Waals surface area contributed by atoms with Crippen LogP contribution < -0.4 is 15.0 Å². The minimum absolute atomic E-state index is 0.0222. The van der Waals surface area contributed by atoms with Crippen LogP contribution in [-0.4, -0.2) is 18.2 Å². The normalized spacial score (nSPS) is 10.6. The Hall–Kier alpha value is -2.04. The van der Waals surface area contributed by atoms with Gasteiger partial charge in [0.1, 0.15) is 5.49 Å². The SMILES string of the molecule is CCOc1cc2cc[nH]c(=N)c2c(F)c1OCC. The first-order chi connectivity index (χ1) is 8.69. The summed E-state index contributed by atoms with van der Waals surface area (Å²) in [5.74, 6) is -0.116. The highest BCUT2D eigenvalue weighted by Gasteiger charge is 2.16. The number of fused-ring (bicyclic) bond motifs is 1. The second kappa shape index (κ2) is 5.08. The van der Waals surface area contributed by atoms with E-state index in [4.69, 9.17) is 14.9 Å². The predicted molar refractivity (Wildman–Crippen MR) is 66.4 cm³/mol. The van der Waals surface area contributed by atoms with Crippen LogP contribution in [0.1, 0.15) is 13.8 Å². The van der Waals surface area contributed by atoms with Crippen molar-refractivity contribution in [2.24, 2.45) is 0 Å². The lowest BCUT2D eigenvalue weighted by atomic mass is 10.1. The molecular formula is C13H15FN2O2. The number of nitrogens with one attached hydrogen (secondary N) is 2. The number of H-pyrrole nitrogens is 1. The van der Waals surface area contributed by atoms with E-state index < -0.39 is 5.82 Å². The Kier molecular flexibility index (Phi) is 3.50. The van der Waals surface area contributed by atoms with Gasteiger partial charge in [-0.2, -0.15) is 0 Å². The van der Waals surface area contributed by atoms with E-state index in [0.717, 1.165) is 0 Å². The predicted octanol–water partition coefficient (Wildman–Crippen LogP) is 2.58. The monoisotopic (exact) mass is 250 g/mol. The molecule has 0 spiro atoms. The quantitative estimate of drug-likeness (QED) is 0.876. The van der Waals surface area contributed by atoms with Gasteiger partial charge in [0.2, 0.25) is 0 Å². The van der Waals surface area contributed by atoms with E-state index in [1.54, 1.807) is 25.3 Å². The lowest BCUT2D eigenvalue weighted by Crippen LogP contribution is -2.09. The van der Waals surface area contributed by atoms with Crippen molar-refractivity contribution in [1.29, 1.82) is 5.41 Å². The second-order valence-corrected chi connectivity index (χ2v) is 3.70. The Bertz CT molecular complexity index is 622. The van der Waals surface area contributed by atoms with Gasteiger partial charge in [0.15, 0.2) is 17.3 Å². The van der Waals surface area contributed by atoms with Gasteiger partial charge in [0, 0.05) is 6.20 Å². The van der Waals surface area contributed by atoms with Crippen LogP contribution in [0.4, 0.5) is 4.39 Å². The molecule has 5 heteroatoms. The van der Waals surface area contributed by atoms with Crippen molar-refractivity contribution in [2.75, 3.05) is 13.2 Å². The number of benzene rings is 1. The van der Waals surface area contributed by atoms with Crippen LogP contribution in [-0.2, 0) is 0 Å². The first kappa shape index (κ1) is 12.4. The average Bonchev–Trinajstić information content (AvgIpc) is 2.34. The Balaban J connectivity index is 2.77. The lowest BCUT2D eigenvalue weighted by molar-refractivity contribution is 0.277. The minimum Gasteiger partial charge on any atom is -0.490 e. The van der Waals surface area contributed by atoms with E-state index in [0.29, 0.717) is 24.3 Å². The molecule has 1 aromatic carbocycles. The topological polar surface area (TPSA) is 58.1 Å². The van der Waals surface area contributed by atoms with Crippen molar-refractivity contribution in [3.05, 3.63) is 29.6 Å². The summed E-state index contributed by atoms with van der Waals surface area (Å²) in [5.41, 5.74) is 0.0222. The molecule has 2 aromatic rings. The molecule has 0 aliphatic heterocycles. The van der Waals surface area contributed by atoms with Gasteiger partial charge in [-0.3, -0.25) is 5.41 Å². The maximum absolute atomic E-state index is 14.4. The molecule has 0 aliphatic carbocycles. The number of pyridine rings is 1. The second-order valence-electron chi connectivity index (χ2n) is 3.70. The molecule has 0 aliphatic rings. The van der Waals surface area contributed by atoms with Crippen LogP contribution in [0.3, 0.4) is 0 Å². The molecular weight excluding hydrogens is 235 g/mol. The van der Waals surface area contributed by atoms with E-state index in [1.807, 2.05) is 6.92 Å². The van der Waals surface area contributed by atoms with E-state index in [9.17, 15) is 4.39 Å². The molecule has 0 atom stereocenters. The van der Waals surface area contributed by atoms with Crippen molar-refractivity contribution in [1.82, 2.24) is 4.98 Å². The molecule has 2 rings (SSSR count). The van der Waals surface area contributed by atoms with Gasteiger partial charge in [-0.25, -0.2) is 4.39 Å². The van der Waals surface area contributed by atoms with Crippen LogP contribution in [0, 0.1) is 11.2 Å². The standard InChI is InChI=1S/C13H15FN2O2/c1-3-17-9-7-8-5-6-16-13(15)10(8)11(14)12(9)18-4-2/h5-7H,3-4H2,1-2H3,(H2,15,16). The third-order valence-corrected chi connectivity index (χ3v) is 2.55. The van der Waals surface area contributed by atoms with E-state index >= 15 is 0 Å². The van der Waals surface area contributed by atoms with Crippen molar-refractivity contribution in [3.8, 4) is 11.5 Å². The first-order valence-electron chi connectivity index (χ1n) is 5.83. The fourth-order valence-corrected chi connectivity index (χ4v) is 1.84. The molecule has 1 aromatic heterocycles. The summed E-state index contributed by atoms with van der Waals surface area (Å²) in [6, 6.07) is 3.40. The molecule has 1 heterocycles. The van der Waals surface area contributed by atoms with E-state index in [1.165, 1.54) is 0 Å². The zero-order valence-corrected chi connectivity index (χ0v) is 10.3. The third-order valence-electron chi connectivity index (χ3n) is 2.55. The zero-order valence-electron chi connectivity index (χ0n) is 10.3. The van der Waals surface area contributed by atoms with Crippen LogP contribution >= 0.6 is 0 Å². The summed E-state index contributed by atoms with van der Waals surface area (Å²) in [6.07, 6.45) is 1.60. The largest absolute Gasteiger partial charge is 0.490 e. The van der Waals surface area contributed by atoms with Gasteiger partial charge in [0.05, 0.1) is 18.6 Å². The van der Waals surface area contributed by atoms with E-state index in [-0.39, 0.29) is 16.6 Å². The first-order valence-corrected chi connectivity index (χ1v) is 5.83. The molecule has 18 heavy (non-hydrogen) atoms. The number of hydrogen-bond donors (Lipinski definition) is 2. The molecule has 0 fully saturated rings. The summed E-state index contributed by atoms with van der Waals surface area (Å²) in [6.45, 7) is 4.37. The third kappa shape index (κ3) is 2.03. The van der Waals surface area contributed by atoms with Crippen molar-refractivity contribution >= 4 is 10.8 Å². The molecule has 0 bridgehead atoms. The zero-order chi connectivity index (χ0) is 13.1. The smallest absolute Gasteiger partial charge is 0.197 e. The molecule has 0 saturated heterocycles. The van der Waals surface area contributed by atoms with Gasteiger partial charge in [-0.15, -0.1) is 0 Å². The fourth-order valence-electron chi connectivity index (χ4n) is 1.84. The Morgan fingerprint density at radius 3 is 2.67 bits per heavy atom. The summed E-state index contributed by atoms with van der Waals surface area (Å²) in [7, 11) is 0. The van der Waals surface area contributed by atoms with Crippen molar-refractivity contribution < 1.29 is 13.9 Å². The van der Waals surface area contributed by atoms with Crippen molar-refractivity contribution in [3.63, 3.8) is 0 Å². The summed E-state index contributed by atoms with van der Waals surface area (Å²) in [5, 5.41) is 8.54. The van der Waals surface area contributed by atoms with Crippen LogP contribution in [0.5, 0.6) is 11.5 Å². The molecule has 96 valence electrons. The molecule has 0 amide bonds. The van der Waals surface area contributed by atoms with Gasteiger partial charge < -0.3 is 14.5 Å². The Labute approximate surface area is 104 Å². The van der Waals surface area contributed by atoms with Crippen LogP contribution in [0.15, 0.2) is 18.3 Å². The Morgan fingerprint density at radius 1 is 1.28 bits per heavy atom. The Morgan fingerprint density at radius 2 is 2.00 bits per heavy atom. The lowest BCUT2D eigenvalue weighted by Gasteiger charge is -2.13. The number of rotatable bonds is 4. The highest BCUT2D eigenvalue weighted by molar-refractivity contribution is 5.85. The fraction of sp³-hybridized carbons (Fsp3) is 0.308. The maximum atomic E-state index is 14.4. The van der Waals surface area contributed by atoms with Crippen LogP contribution in [0.25, 0.3) is 10.8 Å². The highest BCUT2D eigenvalue weighted by Crippen LogP contribution is 2.35. The molecule has 4 nitrogen and oxygen atoms in total. The number of halogens is 1. The molecule has 0 radical (unpaired) electrons. The van der Waals surface area contributed by atoms with Gasteiger partial charge in [0.25, 0.3) is 0 Å². The number of aromatic amines is 1. The molecule has 2 N–H and O–H groups in total. The molecule has 0 saturated carbocycles. The number of ether oxygens (including phenoxy) is 2. The average molecular weight is 250 g/mol. The van der Waals surface area contributed by atoms with Crippen molar-refractivity contribution in [2.45, 2.75) is 13.8 Å². The highest BCUT2D eigenvalue weighted by atomic mass is 19.1. The summed E-state index contributed by atoms with van der Waals surface area (Å²) in [4.78, 5) is 2.67.